The van der Waals surface area contributed by atoms with Crippen molar-refractivity contribution in [1.29, 1.82) is 10.7 Å². The second kappa shape index (κ2) is 16.1. The van der Waals surface area contributed by atoms with Crippen molar-refractivity contribution in [3.8, 4) is 6.07 Å². The van der Waals surface area contributed by atoms with Crippen LogP contribution in [0.2, 0.25) is 0 Å². The Hall–Kier alpha value is -4.45. The highest BCUT2D eigenvalue weighted by atomic mass is 16.2. The van der Waals surface area contributed by atoms with Crippen molar-refractivity contribution >= 4 is 36.3 Å². The van der Waals surface area contributed by atoms with E-state index in [0.29, 0.717) is 37.7 Å². The Kier molecular flexibility index (Phi) is 12.3. The molecule has 3 heterocycles. The van der Waals surface area contributed by atoms with Gasteiger partial charge in [-0.1, -0.05) is 12.1 Å². The molecule has 14 heteroatoms. The minimum Gasteiger partial charge on any atom is -0.365 e. The number of primary amides is 1. The van der Waals surface area contributed by atoms with E-state index in [1.54, 1.807) is 4.90 Å². The standard InChI is InChI=1S/C27H35N9O2.CH5N3/c28-10-5-23(37)36-13-8-20(9-14-36)26-33-22(16-30)24(25(31)38)27(34-26)32-21-3-1-19(2-4-21)17-35-11-6-18(15-29)7-12-35;1-3-4-2/h1-4,16,18,20,30H,5-9,11-15,17,29H2,(H2,31,38)(H,32,33,34);4H,1-2H2. The van der Waals surface area contributed by atoms with Gasteiger partial charge in [-0.15, -0.1) is 0 Å². The van der Waals surface area contributed by atoms with Crippen LogP contribution in [0, 0.1) is 22.7 Å². The monoisotopic (exact) mass is 576 g/mol. The third kappa shape index (κ3) is 8.77. The highest BCUT2D eigenvalue weighted by Gasteiger charge is 2.28. The molecule has 4 rings (SSSR count). The number of piperidine rings is 2. The van der Waals surface area contributed by atoms with E-state index in [1.807, 2.05) is 23.7 Å². The molecule has 0 spiro atoms. The average molecular weight is 577 g/mol. The van der Waals surface area contributed by atoms with Gasteiger partial charge in [0.2, 0.25) is 5.91 Å². The van der Waals surface area contributed by atoms with Crippen molar-refractivity contribution in [2.45, 2.75) is 44.6 Å². The Labute approximate surface area is 245 Å². The number of amides is 2. The highest BCUT2D eigenvalue weighted by Crippen LogP contribution is 2.30. The van der Waals surface area contributed by atoms with Crippen molar-refractivity contribution in [2.75, 3.05) is 38.0 Å². The van der Waals surface area contributed by atoms with Crippen LogP contribution >= 0.6 is 0 Å². The third-order valence-electron chi connectivity index (χ3n) is 7.54. The first kappa shape index (κ1) is 32.1. The van der Waals surface area contributed by atoms with E-state index in [0.717, 1.165) is 50.9 Å². The molecule has 2 aliphatic rings. The Morgan fingerprint density at radius 2 is 1.79 bits per heavy atom. The number of carbonyl (C=O) groups is 2. The first-order chi connectivity index (χ1) is 20.3. The van der Waals surface area contributed by atoms with Crippen LogP contribution in [-0.2, 0) is 11.3 Å². The number of nitrogens with two attached hydrogens (primary N) is 3. The number of rotatable bonds is 10. The van der Waals surface area contributed by atoms with Gasteiger partial charge >= 0.3 is 0 Å². The Bertz CT molecular complexity index is 1260. The third-order valence-corrected chi connectivity index (χ3v) is 7.54. The second-order valence-electron chi connectivity index (χ2n) is 10.3. The summed E-state index contributed by atoms with van der Waals surface area (Å²) in [6, 6.07) is 9.88. The van der Waals surface area contributed by atoms with Gasteiger partial charge in [-0.05, 0) is 68.9 Å². The molecule has 9 N–H and O–H groups in total. The average Bonchev–Trinajstić information content (AvgIpc) is 3.02. The summed E-state index contributed by atoms with van der Waals surface area (Å²) >= 11 is 0. The van der Waals surface area contributed by atoms with Crippen molar-refractivity contribution < 1.29 is 9.59 Å². The zero-order valence-electron chi connectivity index (χ0n) is 23.8. The summed E-state index contributed by atoms with van der Waals surface area (Å²) in [6.45, 7) is 7.71. The fourth-order valence-corrected chi connectivity index (χ4v) is 5.15. The Morgan fingerprint density at radius 3 is 2.31 bits per heavy atom. The SMILES string of the molecule is C=NNN.N#CCC(=O)N1CCC(c2nc(C=N)c(C(N)=O)c(Nc3ccc(CN4CCC(CN)CC4)cc3)n2)CC1. The lowest BCUT2D eigenvalue weighted by molar-refractivity contribution is -0.131. The zero-order chi connectivity index (χ0) is 30.5. The van der Waals surface area contributed by atoms with Crippen LogP contribution in [0.1, 0.15) is 65.5 Å². The molecule has 2 aromatic rings. The molecule has 1 aromatic heterocycles. The van der Waals surface area contributed by atoms with E-state index < -0.39 is 5.91 Å². The van der Waals surface area contributed by atoms with Crippen molar-refractivity contribution in [3.63, 3.8) is 0 Å². The molecule has 0 aliphatic carbocycles. The minimum atomic E-state index is -0.716. The van der Waals surface area contributed by atoms with Crippen molar-refractivity contribution in [2.24, 2.45) is 28.3 Å². The Morgan fingerprint density at radius 1 is 1.14 bits per heavy atom. The molecule has 0 saturated carbocycles. The lowest BCUT2D eigenvalue weighted by Gasteiger charge is -2.31. The van der Waals surface area contributed by atoms with Gasteiger partial charge in [0.15, 0.2) is 0 Å². The summed E-state index contributed by atoms with van der Waals surface area (Å²) in [5.41, 5.74) is 15.6. The quantitative estimate of drug-likeness (QED) is 0.134. The number of hydrogen-bond acceptors (Lipinski definition) is 12. The Balaban J connectivity index is 0.00000114. The number of benzene rings is 1. The van der Waals surface area contributed by atoms with Crippen LogP contribution in [0.4, 0.5) is 11.5 Å². The van der Waals surface area contributed by atoms with Gasteiger partial charge < -0.3 is 27.1 Å². The molecule has 0 atom stereocenters. The normalized spacial score (nSPS) is 16.0. The first-order valence-electron chi connectivity index (χ1n) is 13.9. The minimum absolute atomic E-state index is 0.0481. The van der Waals surface area contributed by atoms with E-state index in [-0.39, 0.29) is 35.3 Å². The van der Waals surface area contributed by atoms with E-state index in [1.165, 1.54) is 5.56 Å². The molecule has 14 nitrogen and oxygen atoms in total. The molecule has 2 amide bonds. The number of nitriles is 1. The molecule has 2 saturated heterocycles. The maximum atomic E-state index is 12.3. The number of hydrazone groups is 1. The van der Waals surface area contributed by atoms with E-state index in [4.69, 9.17) is 22.1 Å². The summed E-state index contributed by atoms with van der Waals surface area (Å²) in [4.78, 5) is 37.6. The van der Waals surface area contributed by atoms with Crippen molar-refractivity contribution in [3.05, 3.63) is 46.9 Å². The molecular weight excluding hydrogens is 536 g/mol. The van der Waals surface area contributed by atoms with Crippen LogP contribution in [0.3, 0.4) is 0 Å². The van der Waals surface area contributed by atoms with Crippen LogP contribution in [0.25, 0.3) is 0 Å². The molecule has 0 bridgehead atoms. The number of likely N-dealkylation sites (tertiary alicyclic amines) is 2. The van der Waals surface area contributed by atoms with Gasteiger partial charge in [0.05, 0.1) is 11.8 Å². The summed E-state index contributed by atoms with van der Waals surface area (Å²) in [5.74, 6) is 5.00. The number of hydrazine groups is 1. The summed E-state index contributed by atoms with van der Waals surface area (Å²) in [7, 11) is 0. The smallest absolute Gasteiger partial charge is 0.254 e. The lowest BCUT2D eigenvalue weighted by Crippen LogP contribution is -2.38. The second-order valence-corrected chi connectivity index (χ2v) is 10.3. The van der Waals surface area contributed by atoms with E-state index >= 15 is 0 Å². The molecular formula is C28H40N12O2. The van der Waals surface area contributed by atoms with Crippen LogP contribution in [0.15, 0.2) is 29.4 Å². The maximum absolute atomic E-state index is 12.3. The fourth-order valence-electron chi connectivity index (χ4n) is 5.15. The zero-order valence-corrected chi connectivity index (χ0v) is 23.8. The molecule has 2 aliphatic heterocycles. The highest BCUT2D eigenvalue weighted by molar-refractivity contribution is 6.04. The number of carbonyl (C=O) groups excluding carboxylic acids is 2. The number of hydrogen-bond donors (Lipinski definition) is 6. The van der Waals surface area contributed by atoms with Gasteiger partial charge in [-0.25, -0.2) is 21.3 Å². The van der Waals surface area contributed by atoms with Crippen LogP contribution in [0.5, 0.6) is 0 Å². The largest absolute Gasteiger partial charge is 0.365 e. The molecule has 0 radical (unpaired) electrons. The predicted octanol–water partition coefficient (Wildman–Crippen LogP) is 1.17. The molecule has 2 fully saturated rings. The summed E-state index contributed by atoms with van der Waals surface area (Å²) in [6.07, 6.45) is 4.40. The molecule has 1 aromatic carbocycles. The van der Waals surface area contributed by atoms with Gasteiger partial charge in [0.25, 0.3) is 5.91 Å². The number of nitrogens with one attached hydrogen (secondary N) is 3. The van der Waals surface area contributed by atoms with Crippen LogP contribution < -0.4 is 28.2 Å². The fraction of sp³-hybridized carbons (Fsp3) is 0.464. The van der Waals surface area contributed by atoms with Gasteiger partial charge in [-0.3, -0.25) is 14.5 Å². The summed E-state index contributed by atoms with van der Waals surface area (Å²) in [5, 5.41) is 22.8. The molecule has 224 valence electrons. The van der Waals surface area contributed by atoms with E-state index in [9.17, 15) is 9.59 Å². The van der Waals surface area contributed by atoms with Crippen molar-refractivity contribution in [1.82, 2.24) is 25.3 Å². The summed E-state index contributed by atoms with van der Waals surface area (Å²) < 4.78 is 0. The number of aromatic nitrogens is 2. The molecule has 0 unspecified atom stereocenters. The van der Waals surface area contributed by atoms with Gasteiger partial charge in [0, 0.05) is 44.2 Å². The maximum Gasteiger partial charge on any atom is 0.254 e. The van der Waals surface area contributed by atoms with Gasteiger partial charge in [-0.2, -0.15) is 10.4 Å². The molecule has 42 heavy (non-hydrogen) atoms. The number of anilines is 2. The number of nitrogens with zero attached hydrogens (tertiary/aromatic N) is 6. The van der Waals surface area contributed by atoms with E-state index in [2.05, 4.69) is 50.0 Å². The predicted molar refractivity (Wildman–Crippen MR) is 161 cm³/mol. The topological polar surface area (TPSA) is 229 Å². The first-order valence-corrected chi connectivity index (χ1v) is 13.9. The van der Waals surface area contributed by atoms with Crippen LogP contribution in [-0.4, -0.2) is 77.2 Å². The van der Waals surface area contributed by atoms with Gasteiger partial charge in [0.1, 0.15) is 23.6 Å². The lowest BCUT2D eigenvalue weighted by atomic mass is 9.95.